The number of esters is 2. The Hall–Kier alpha value is -2.73. The van der Waals surface area contributed by atoms with Crippen molar-refractivity contribution in [2.75, 3.05) is 0 Å². The molecule has 7 atom stereocenters. The van der Waals surface area contributed by atoms with Crippen LogP contribution in [0.3, 0.4) is 0 Å². The summed E-state index contributed by atoms with van der Waals surface area (Å²) in [4.78, 5) is 37.5. The molecule has 1 aromatic rings. The molecule has 0 aliphatic carbocycles. The smallest absolute Gasteiger partial charge is 0.342 e. The van der Waals surface area contributed by atoms with E-state index in [1.807, 2.05) is 13.8 Å². The summed E-state index contributed by atoms with van der Waals surface area (Å²) >= 11 is 0. The minimum atomic E-state index is -1.92. The number of hydrogen-bond acceptors (Lipinski definition) is 10. The zero-order valence-corrected chi connectivity index (χ0v) is 20.2. The summed E-state index contributed by atoms with van der Waals surface area (Å²) in [6.07, 6.45) is -4.08. The zero-order chi connectivity index (χ0) is 26.1. The quantitative estimate of drug-likeness (QED) is 0.277. The standard InChI is InChI=1S/C24H34N2O9/c1-11(2)8-14(17-9-13-6-5-7-16(27)19(13)23(32)34-17)26-22(31)21(30)20(29)15-10-18(28)35-24(4,33)12(3)25-15/h5-7,11-12,14-15,17,20-21,25,27,29-30,33H,8-10H2,1-4H3,(H,26,31)/t12-,14-,15-,17-,20-,21-,24-/m0/s1. The Kier molecular flexibility index (Phi) is 8.05. The Morgan fingerprint density at radius 3 is 2.60 bits per heavy atom. The number of aliphatic hydroxyl groups excluding tert-OH is 2. The lowest BCUT2D eigenvalue weighted by atomic mass is 9.90. The van der Waals surface area contributed by atoms with E-state index in [1.54, 1.807) is 12.1 Å². The number of phenolic OH excluding ortho intramolecular Hbond substituents is 1. The molecule has 11 heteroatoms. The van der Waals surface area contributed by atoms with Gasteiger partial charge in [0.1, 0.15) is 23.5 Å². The number of aliphatic hydroxyl groups is 3. The molecule has 0 spiro atoms. The summed E-state index contributed by atoms with van der Waals surface area (Å²) in [6.45, 7) is 6.67. The van der Waals surface area contributed by atoms with Gasteiger partial charge in [-0.3, -0.25) is 9.59 Å². The van der Waals surface area contributed by atoms with Crippen molar-refractivity contribution in [1.29, 1.82) is 0 Å². The molecule has 0 radical (unpaired) electrons. The highest BCUT2D eigenvalue weighted by atomic mass is 16.7. The molecule has 1 fully saturated rings. The van der Waals surface area contributed by atoms with Crippen LogP contribution < -0.4 is 10.6 Å². The van der Waals surface area contributed by atoms with E-state index in [-0.39, 0.29) is 30.1 Å². The minimum absolute atomic E-state index is 0.0881. The van der Waals surface area contributed by atoms with Crippen molar-refractivity contribution in [2.45, 2.75) is 89.2 Å². The average Bonchev–Trinajstić information content (AvgIpc) is 2.85. The number of amides is 1. The highest BCUT2D eigenvalue weighted by molar-refractivity contribution is 5.95. The van der Waals surface area contributed by atoms with Crippen molar-refractivity contribution in [2.24, 2.45) is 5.92 Å². The molecule has 6 N–H and O–H groups in total. The molecular weight excluding hydrogens is 460 g/mol. The van der Waals surface area contributed by atoms with Crippen LogP contribution in [-0.2, 0) is 25.5 Å². The molecule has 35 heavy (non-hydrogen) atoms. The molecule has 1 saturated heterocycles. The van der Waals surface area contributed by atoms with Gasteiger partial charge in [-0.05, 0) is 30.9 Å². The molecule has 1 amide bonds. The van der Waals surface area contributed by atoms with Crippen LogP contribution >= 0.6 is 0 Å². The molecular formula is C24H34N2O9. The van der Waals surface area contributed by atoms with E-state index in [9.17, 15) is 34.8 Å². The number of phenols is 1. The molecule has 0 saturated carbocycles. The van der Waals surface area contributed by atoms with Crippen LogP contribution in [0.1, 0.15) is 56.5 Å². The number of fused-ring (bicyclic) bond motifs is 1. The van der Waals surface area contributed by atoms with Gasteiger partial charge in [0.25, 0.3) is 5.91 Å². The van der Waals surface area contributed by atoms with E-state index in [0.29, 0.717) is 12.0 Å². The molecule has 0 aromatic heterocycles. The van der Waals surface area contributed by atoms with Crippen LogP contribution in [0.25, 0.3) is 0 Å². The van der Waals surface area contributed by atoms with E-state index in [2.05, 4.69) is 10.6 Å². The van der Waals surface area contributed by atoms with Crippen molar-refractivity contribution in [1.82, 2.24) is 10.6 Å². The first kappa shape index (κ1) is 26.9. The number of carbonyl (C=O) groups excluding carboxylic acids is 3. The van der Waals surface area contributed by atoms with Gasteiger partial charge >= 0.3 is 11.9 Å². The lowest BCUT2D eigenvalue weighted by molar-refractivity contribution is -0.206. The van der Waals surface area contributed by atoms with Gasteiger partial charge in [-0.2, -0.15) is 0 Å². The Morgan fingerprint density at radius 2 is 1.94 bits per heavy atom. The van der Waals surface area contributed by atoms with E-state index >= 15 is 0 Å². The molecule has 0 bridgehead atoms. The number of ether oxygens (including phenoxy) is 2. The van der Waals surface area contributed by atoms with Gasteiger partial charge in [-0.1, -0.05) is 26.0 Å². The molecule has 2 aliphatic heterocycles. The van der Waals surface area contributed by atoms with Crippen LogP contribution in [0, 0.1) is 5.92 Å². The maximum Gasteiger partial charge on any atom is 0.342 e. The van der Waals surface area contributed by atoms with Crippen molar-refractivity contribution in [3.05, 3.63) is 29.3 Å². The summed E-state index contributed by atoms with van der Waals surface area (Å²) in [7, 11) is 0. The van der Waals surface area contributed by atoms with Crippen LogP contribution in [0.5, 0.6) is 5.75 Å². The summed E-state index contributed by atoms with van der Waals surface area (Å²) in [5.41, 5.74) is 0.669. The number of aromatic hydroxyl groups is 1. The number of nitrogens with one attached hydrogen (secondary N) is 2. The van der Waals surface area contributed by atoms with Crippen molar-refractivity contribution in [3.8, 4) is 5.75 Å². The summed E-state index contributed by atoms with van der Waals surface area (Å²) in [5, 5.41) is 47.0. The fourth-order valence-corrected chi connectivity index (χ4v) is 4.42. The highest BCUT2D eigenvalue weighted by Gasteiger charge is 2.43. The molecule has 0 unspecified atom stereocenters. The van der Waals surface area contributed by atoms with Crippen LogP contribution in [0.15, 0.2) is 18.2 Å². The fourth-order valence-electron chi connectivity index (χ4n) is 4.42. The largest absolute Gasteiger partial charge is 0.507 e. The van der Waals surface area contributed by atoms with Crippen molar-refractivity contribution >= 4 is 17.8 Å². The van der Waals surface area contributed by atoms with Gasteiger partial charge in [-0.15, -0.1) is 0 Å². The topological polar surface area (TPSA) is 175 Å². The predicted molar refractivity (Wildman–Crippen MR) is 122 cm³/mol. The molecule has 1 aromatic carbocycles. The molecule has 2 heterocycles. The first-order chi connectivity index (χ1) is 16.3. The molecule has 194 valence electrons. The summed E-state index contributed by atoms with van der Waals surface area (Å²) < 4.78 is 10.5. The van der Waals surface area contributed by atoms with Crippen LogP contribution in [0.4, 0.5) is 0 Å². The molecule has 11 nitrogen and oxygen atoms in total. The van der Waals surface area contributed by atoms with Crippen molar-refractivity contribution < 1.29 is 44.3 Å². The third kappa shape index (κ3) is 6.10. The number of cyclic esters (lactones) is 2. The predicted octanol–water partition coefficient (Wildman–Crippen LogP) is -0.271. The first-order valence-electron chi connectivity index (χ1n) is 11.7. The first-order valence-corrected chi connectivity index (χ1v) is 11.7. The Morgan fingerprint density at radius 1 is 1.26 bits per heavy atom. The second kappa shape index (κ2) is 10.5. The van der Waals surface area contributed by atoms with Gasteiger partial charge in [0.2, 0.25) is 5.79 Å². The SMILES string of the molecule is CC(C)C[C@H](NC(=O)[C@@H](O)[C@@H](O)[C@@H]1CC(=O)O[C@](C)(O)[C@H](C)N1)[C@@H]1Cc2cccc(O)c2C(=O)O1. The van der Waals surface area contributed by atoms with Gasteiger partial charge in [0.15, 0.2) is 6.10 Å². The van der Waals surface area contributed by atoms with Gasteiger partial charge < -0.3 is 40.5 Å². The van der Waals surface area contributed by atoms with E-state index in [4.69, 9.17) is 9.47 Å². The van der Waals surface area contributed by atoms with Gasteiger partial charge in [0, 0.05) is 19.4 Å². The molecule has 3 rings (SSSR count). The van der Waals surface area contributed by atoms with Crippen LogP contribution in [0.2, 0.25) is 0 Å². The van der Waals surface area contributed by atoms with Gasteiger partial charge in [0.05, 0.1) is 18.5 Å². The second-order valence-corrected chi connectivity index (χ2v) is 9.87. The number of carbonyl (C=O) groups is 3. The summed E-state index contributed by atoms with van der Waals surface area (Å²) in [5.74, 6) is -4.32. The summed E-state index contributed by atoms with van der Waals surface area (Å²) in [6, 6.07) is 2.18. The van der Waals surface area contributed by atoms with E-state index in [0.717, 1.165) is 0 Å². The normalized spacial score (nSPS) is 29.3. The lowest BCUT2D eigenvalue weighted by Crippen LogP contribution is -2.58. The number of benzene rings is 1. The third-order valence-electron chi connectivity index (χ3n) is 6.49. The van der Waals surface area contributed by atoms with Crippen LogP contribution in [-0.4, -0.2) is 80.5 Å². The minimum Gasteiger partial charge on any atom is -0.507 e. The second-order valence-electron chi connectivity index (χ2n) is 9.87. The Labute approximate surface area is 203 Å². The Balaban J connectivity index is 1.73. The third-order valence-corrected chi connectivity index (χ3v) is 6.49. The fraction of sp³-hybridized carbons (Fsp3) is 0.625. The zero-order valence-electron chi connectivity index (χ0n) is 20.2. The van der Waals surface area contributed by atoms with Gasteiger partial charge in [-0.25, -0.2) is 4.79 Å². The average molecular weight is 495 g/mol. The number of hydrogen-bond donors (Lipinski definition) is 6. The van der Waals surface area contributed by atoms with E-state index in [1.165, 1.54) is 19.9 Å². The maximum atomic E-state index is 12.9. The molecule has 2 aliphatic rings. The lowest BCUT2D eigenvalue weighted by Gasteiger charge is -2.34. The Bertz CT molecular complexity index is 964. The van der Waals surface area contributed by atoms with E-state index < -0.39 is 60.1 Å². The monoisotopic (exact) mass is 494 g/mol. The number of rotatable bonds is 7. The van der Waals surface area contributed by atoms with Crippen molar-refractivity contribution in [3.63, 3.8) is 0 Å². The highest BCUT2D eigenvalue weighted by Crippen LogP contribution is 2.30. The maximum absolute atomic E-state index is 12.9.